The summed E-state index contributed by atoms with van der Waals surface area (Å²) in [4.78, 5) is 16.2. The van der Waals surface area contributed by atoms with Crippen LogP contribution < -0.4 is 5.32 Å². The van der Waals surface area contributed by atoms with E-state index in [1.54, 1.807) is 12.1 Å². The third kappa shape index (κ3) is 3.24. The summed E-state index contributed by atoms with van der Waals surface area (Å²) >= 11 is 0. The third-order valence-electron chi connectivity index (χ3n) is 3.85. The van der Waals surface area contributed by atoms with E-state index in [4.69, 9.17) is 0 Å². The van der Waals surface area contributed by atoms with Crippen molar-refractivity contribution in [1.29, 1.82) is 0 Å². The van der Waals surface area contributed by atoms with Crippen LogP contribution in [-0.2, 0) is 10.0 Å². The highest BCUT2D eigenvalue weighted by atomic mass is 32.2. The van der Waals surface area contributed by atoms with Crippen molar-refractivity contribution in [3.05, 3.63) is 48.3 Å². The molecular weight excluding hydrogens is 330 g/mol. The number of aromatic hydroxyl groups is 1. The van der Waals surface area contributed by atoms with Crippen LogP contribution in [0.4, 0.5) is 5.69 Å². The van der Waals surface area contributed by atoms with Crippen molar-refractivity contribution in [2.75, 3.05) is 18.4 Å². The van der Waals surface area contributed by atoms with Crippen molar-refractivity contribution < 1.29 is 18.3 Å². The minimum absolute atomic E-state index is 0.00192. The second-order valence-corrected chi connectivity index (χ2v) is 7.42. The van der Waals surface area contributed by atoms with E-state index in [1.165, 1.54) is 34.9 Å². The fraction of sp³-hybridized carbons (Fsp3) is 0.250. The zero-order chi connectivity index (χ0) is 17.2. The molecule has 0 bridgehead atoms. The molecule has 2 aromatic rings. The van der Waals surface area contributed by atoms with E-state index in [1.807, 2.05) is 0 Å². The number of anilines is 1. The van der Waals surface area contributed by atoms with E-state index in [0.29, 0.717) is 18.8 Å². The van der Waals surface area contributed by atoms with Gasteiger partial charge in [0.15, 0.2) is 0 Å². The Morgan fingerprint density at radius 3 is 2.46 bits per heavy atom. The van der Waals surface area contributed by atoms with Crippen molar-refractivity contribution >= 4 is 21.6 Å². The highest BCUT2D eigenvalue weighted by Crippen LogP contribution is 2.26. The monoisotopic (exact) mass is 347 g/mol. The van der Waals surface area contributed by atoms with Crippen molar-refractivity contribution in [3.8, 4) is 5.75 Å². The average molecular weight is 347 g/mol. The molecule has 1 aliphatic heterocycles. The van der Waals surface area contributed by atoms with Crippen molar-refractivity contribution in [3.63, 3.8) is 0 Å². The molecule has 2 N–H and O–H groups in total. The molecule has 24 heavy (non-hydrogen) atoms. The number of rotatable bonds is 4. The van der Waals surface area contributed by atoms with E-state index < -0.39 is 15.9 Å². The van der Waals surface area contributed by atoms with Gasteiger partial charge < -0.3 is 10.4 Å². The summed E-state index contributed by atoms with van der Waals surface area (Å²) in [5.74, 6) is -0.862. The van der Waals surface area contributed by atoms with E-state index >= 15 is 0 Å². The van der Waals surface area contributed by atoms with Gasteiger partial charge in [-0.2, -0.15) is 4.31 Å². The van der Waals surface area contributed by atoms with E-state index in [0.717, 1.165) is 12.8 Å². The molecule has 0 radical (unpaired) electrons. The number of hydrogen-bond donors (Lipinski definition) is 2. The molecule has 0 unspecified atom stereocenters. The zero-order valence-corrected chi connectivity index (χ0v) is 13.7. The van der Waals surface area contributed by atoms with Gasteiger partial charge in [-0.15, -0.1) is 0 Å². The number of nitrogens with one attached hydrogen (secondary N) is 1. The Hall–Kier alpha value is -2.45. The maximum Gasteiger partial charge on any atom is 0.259 e. The number of phenols is 1. The molecule has 1 aliphatic rings. The molecule has 3 rings (SSSR count). The Bertz CT molecular complexity index is 847. The molecule has 0 saturated carbocycles. The minimum Gasteiger partial charge on any atom is -0.507 e. The summed E-state index contributed by atoms with van der Waals surface area (Å²) in [6, 6.07) is 6.94. The predicted octanol–water partition coefficient (Wildman–Crippen LogP) is 1.82. The maximum atomic E-state index is 12.6. The number of benzene rings is 1. The second-order valence-electron chi connectivity index (χ2n) is 5.48. The molecule has 1 amide bonds. The van der Waals surface area contributed by atoms with Crippen LogP contribution >= 0.6 is 0 Å². The number of amides is 1. The van der Waals surface area contributed by atoms with E-state index in [9.17, 15) is 18.3 Å². The normalized spacial score (nSPS) is 15.3. The molecule has 1 fully saturated rings. The topological polar surface area (TPSA) is 99.6 Å². The summed E-state index contributed by atoms with van der Waals surface area (Å²) in [5, 5.41) is 12.5. The molecule has 8 heteroatoms. The van der Waals surface area contributed by atoms with Crippen LogP contribution in [0.25, 0.3) is 0 Å². The molecule has 0 atom stereocenters. The number of phenolic OH excluding ortho intramolecular Hbond substituents is 1. The van der Waals surface area contributed by atoms with Crippen LogP contribution in [0, 0.1) is 0 Å². The lowest BCUT2D eigenvalue weighted by molar-refractivity contribution is 0.102. The smallest absolute Gasteiger partial charge is 0.259 e. The number of carbonyl (C=O) groups is 1. The first-order valence-electron chi connectivity index (χ1n) is 7.53. The van der Waals surface area contributed by atoms with Gasteiger partial charge in [0.05, 0.1) is 10.5 Å². The molecule has 1 saturated heterocycles. The summed E-state index contributed by atoms with van der Waals surface area (Å²) in [5.41, 5.74) is 0.411. The lowest BCUT2D eigenvalue weighted by atomic mass is 10.2. The van der Waals surface area contributed by atoms with Crippen molar-refractivity contribution in [1.82, 2.24) is 9.29 Å². The van der Waals surface area contributed by atoms with Gasteiger partial charge in [0.25, 0.3) is 5.91 Å². The molecule has 7 nitrogen and oxygen atoms in total. The average Bonchev–Trinajstić information content (AvgIpc) is 3.11. The third-order valence-corrected chi connectivity index (χ3v) is 5.75. The highest BCUT2D eigenvalue weighted by Gasteiger charge is 2.28. The first-order valence-corrected chi connectivity index (χ1v) is 8.97. The Balaban J connectivity index is 1.90. The summed E-state index contributed by atoms with van der Waals surface area (Å²) in [6.45, 7) is 0.948. The highest BCUT2D eigenvalue weighted by molar-refractivity contribution is 7.89. The molecule has 0 aliphatic carbocycles. The first-order chi connectivity index (χ1) is 11.5. The number of carbonyl (C=O) groups excluding carboxylic acids is 1. The predicted molar refractivity (Wildman–Crippen MR) is 88.3 cm³/mol. The van der Waals surface area contributed by atoms with Crippen LogP contribution in [0.1, 0.15) is 23.2 Å². The van der Waals surface area contributed by atoms with Crippen molar-refractivity contribution in [2.45, 2.75) is 17.7 Å². The molecule has 2 heterocycles. The Labute approximate surface area is 140 Å². The van der Waals surface area contributed by atoms with Gasteiger partial charge in [-0.05, 0) is 43.2 Å². The fourth-order valence-corrected chi connectivity index (χ4v) is 4.11. The quantitative estimate of drug-likeness (QED) is 0.879. The fourth-order valence-electron chi connectivity index (χ4n) is 2.57. The lowest BCUT2D eigenvalue weighted by Crippen LogP contribution is -2.28. The molecule has 1 aromatic heterocycles. The van der Waals surface area contributed by atoms with Gasteiger partial charge in [-0.1, -0.05) is 0 Å². The van der Waals surface area contributed by atoms with Gasteiger partial charge >= 0.3 is 0 Å². The summed E-state index contributed by atoms with van der Waals surface area (Å²) in [7, 11) is -3.65. The van der Waals surface area contributed by atoms with Crippen LogP contribution in [-0.4, -0.2) is 41.8 Å². The summed E-state index contributed by atoms with van der Waals surface area (Å²) in [6.07, 6.45) is 4.69. The largest absolute Gasteiger partial charge is 0.507 e. The van der Waals surface area contributed by atoms with Gasteiger partial charge in [-0.3, -0.25) is 9.78 Å². The number of nitrogens with zero attached hydrogens (tertiary/aromatic N) is 2. The van der Waals surface area contributed by atoms with Crippen LogP contribution in [0.3, 0.4) is 0 Å². The van der Waals surface area contributed by atoms with Crippen LogP contribution in [0.15, 0.2) is 47.6 Å². The van der Waals surface area contributed by atoms with Crippen LogP contribution in [0.2, 0.25) is 0 Å². The molecule has 1 aromatic carbocycles. The summed E-state index contributed by atoms with van der Waals surface area (Å²) < 4.78 is 26.6. The second kappa shape index (κ2) is 6.58. The molecule has 0 spiro atoms. The Morgan fingerprint density at radius 2 is 1.79 bits per heavy atom. The van der Waals surface area contributed by atoms with Crippen molar-refractivity contribution in [2.24, 2.45) is 0 Å². The lowest BCUT2D eigenvalue weighted by Gasteiger charge is -2.16. The Kier molecular flexibility index (Phi) is 4.50. The van der Waals surface area contributed by atoms with E-state index in [2.05, 4.69) is 10.3 Å². The van der Waals surface area contributed by atoms with Gasteiger partial charge in [0, 0.05) is 31.2 Å². The van der Waals surface area contributed by atoms with Gasteiger partial charge in [-0.25, -0.2) is 8.42 Å². The number of aromatic nitrogens is 1. The minimum atomic E-state index is -3.65. The first kappa shape index (κ1) is 16.4. The number of pyridine rings is 1. The molecule has 126 valence electrons. The van der Waals surface area contributed by atoms with Gasteiger partial charge in [0.2, 0.25) is 10.0 Å². The zero-order valence-electron chi connectivity index (χ0n) is 12.8. The Morgan fingerprint density at radius 1 is 1.12 bits per heavy atom. The van der Waals surface area contributed by atoms with E-state index in [-0.39, 0.29) is 16.2 Å². The van der Waals surface area contributed by atoms with Crippen LogP contribution in [0.5, 0.6) is 5.75 Å². The maximum absolute atomic E-state index is 12.6. The molecular formula is C16H17N3O4S. The number of hydrogen-bond acceptors (Lipinski definition) is 5. The number of sulfonamides is 1. The standard InChI is InChI=1S/C16H17N3O4S/c20-15-4-3-13(24(22,23)19-9-1-2-10-19)11-14(15)16(21)18-12-5-7-17-8-6-12/h3-8,11,20H,1-2,9-10H2,(H,17,18,21). The SMILES string of the molecule is O=C(Nc1ccncc1)c1cc(S(=O)(=O)N2CCCC2)ccc1O. The van der Waals surface area contributed by atoms with Gasteiger partial charge in [0.1, 0.15) is 5.75 Å².